The van der Waals surface area contributed by atoms with E-state index in [4.69, 9.17) is 0 Å². The van der Waals surface area contributed by atoms with E-state index >= 15 is 0 Å². The Hall–Kier alpha value is -1.09. The lowest BCUT2D eigenvalue weighted by molar-refractivity contribution is -0.712. The summed E-state index contributed by atoms with van der Waals surface area (Å²) in [6, 6.07) is 4.45. The molecule has 0 spiro atoms. The number of hydrogen-bond donors (Lipinski definition) is 0. The summed E-state index contributed by atoms with van der Waals surface area (Å²) in [7, 11) is 0. The van der Waals surface area contributed by atoms with E-state index in [2.05, 4.69) is 36.0 Å². The Balaban J connectivity index is 0.00000450. The maximum Gasteiger partial charge on any atom is 0.227 e. The number of unbranched alkanes of at least 4 members (excludes halogenated alkanes) is 13. The molecule has 1 aliphatic rings. The molecule has 1 aromatic heterocycles. The third-order valence-corrected chi connectivity index (χ3v) is 6.28. The Morgan fingerprint density at radius 1 is 0.800 bits per heavy atom. The van der Waals surface area contributed by atoms with Crippen LogP contribution in [0, 0.1) is 0 Å². The molecule has 1 aromatic rings. The van der Waals surface area contributed by atoms with E-state index in [0.717, 1.165) is 19.4 Å². The Labute approximate surface area is 192 Å². The molecule has 1 fully saturated rings. The van der Waals surface area contributed by atoms with E-state index in [-0.39, 0.29) is 12.4 Å². The summed E-state index contributed by atoms with van der Waals surface area (Å²) in [6.45, 7) is 3.90. The average Bonchev–Trinajstić information content (AvgIpc) is 3.14. The first-order valence-electron chi connectivity index (χ1n) is 12.6. The first-order chi connectivity index (χ1) is 14.3. The summed E-state index contributed by atoms with van der Waals surface area (Å²) < 4.78 is 2.12. The number of pyridine rings is 1. The van der Waals surface area contributed by atoms with Crippen LogP contribution in [0.15, 0.2) is 24.5 Å². The molecule has 0 unspecified atom stereocenters. The van der Waals surface area contributed by atoms with Crippen LogP contribution >= 0.6 is 0 Å². The Morgan fingerprint density at radius 3 is 1.77 bits per heavy atom. The van der Waals surface area contributed by atoms with Crippen LogP contribution < -0.4 is 17.0 Å². The van der Waals surface area contributed by atoms with Crippen molar-refractivity contribution >= 4 is 5.91 Å². The molecule has 0 N–H and O–H groups in total. The molecule has 1 saturated heterocycles. The molecule has 1 amide bonds. The van der Waals surface area contributed by atoms with Gasteiger partial charge in [-0.15, -0.1) is 0 Å². The first kappa shape index (κ1) is 26.9. The van der Waals surface area contributed by atoms with Gasteiger partial charge in [-0.3, -0.25) is 9.69 Å². The van der Waals surface area contributed by atoms with Gasteiger partial charge in [0.1, 0.15) is 0 Å². The van der Waals surface area contributed by atoms with Crippen LogP contribution in [-0.4, -0.2) is 17.4 Å². The standard InChI is InChI=1S/C26H45N2O.ClH/c1-2-3-4-5-6-7-8-9-10-11-12-13-14-15-17-25-19-22-27(23-20-25)24-28-21-16-18-26(28)29;/h19-20,22-23H,2-18,21,24H2,1H3;1H/q+1;/p-1. The minimum absolute atomic E-state index is 0. The smallest absolute Gasteiger partial charge is 0.227 e. The van der Waals surface area contributed by atoms with Crippen molar-refractivity contribution < 1.29 is 21.8 Å². The molecule has 1 aliphatic heterocycles. The third-order valence-electron chi connectivity index (χ3n) is 6.28. The molecule has 30 heavy (non-hydrogen) atoms. The lowest BCUT2D eigenvalue weighted by Gasteiger charge is -2.11. The lowest BCUT2D eigenvalue weighted by Crippen LogP contribution is -3.00. The van der Waals surface area contributed by atoms with Gasteiger partial charge in [-0.2, -0.15) is 4.57 Å². The Kier molecular flexibility index (Phi) is 15.8. The number of aryl methyl sites for hydroxylation is 1. The number of hydrogen-bond acceptors (Lipinski definition) is 1. The summed E-state index contributed by atoms with van der Waals surface area (Å²) in [5.41, 5.74) is 1.42. The molecule has 2 rings (SSSR count). The molecule has 4 heteroatoms. The fourth-order valence-electron chi connectivity index (χ4n) is 4.32. The van der Waals surface area contributed by atoms with Crippen LogP contribution in [0.1, 0.15) is 115 Å². The quantitative estimate of drug-likeness (QED) is 0.270. The zero-order valence-corrected chi connectivity index (χ0v) is 20.2. The minimum Gasteiger partial charge on any atom is -1.00 e. The molecule has 0 atom stereocenters. The summed E-state index contributed by atoms with van der Waals surface area (Å²) >= 11 is 0. The van der Waals surface area contributed by atoms with Crippen LogP contribution in [0.4, 0.5) is 0 Å². The highest BCUT2D eigenvalue weighted by molar-refractivity contribution is 5.77. The average molecular weight is 437 g/mol. The number of rotatable bonds is 17. The van der Waals surface area contributed by atoms with Crippen molar-refractivity contribution in [3.05, 3.63) is 30.1 Å². The normalized spacial score (nSPS) is 13.6. The van der Waals surface area contributed by atoms with Gasteiger partial charge in [-0.1, -0.05) is 90.4 Å². The predicted octanol–water partition coefficient (Wildman–Crippen LogP) is 3.58. The fourth-order valence-corrected chi connectivity index (χ4v) is 4.32. The van der Waals surface area contributed by atoms with Gasteiger partial charge < -0.3 is 12.4 Å². The highest BCUT2D eigenvalue weighted by Gasteiger charge is 2.22. The van der Waals surface area contributed by atoms with Gasteiger partial charge in [-0.05, 0) is 24.8 Å². The van der Waals surface area contributed by atoms with Gasteiger partial charge in [0.05, 0.1) is 0 Å². The maximum absolute atomic E-state index is 11.7. The first-order valence-corrected chi connectivity index (χ1v) is 12.6. The van der Waals surface area contributed by atoms with Gasteiger partial charge in [0.15, 0.2) is 12.4 Å². The van der Waals surface area contributed by atoms with Gasteiger partial charge in [0, 0.05) is 25.1 Å². The van der Waals surface area contributed by atoms with E-state index in [1.807, 2.05) is 4.90 Å². The Bertz CT molecular complexity index is 546. The van der Waals surface area contributed by atoms with Crippen LogP contribution in [-0.2, 0) is 17.9 Å². The summed E-state index contributed by atoms with van der Waals surface area (Å²) in [5.74, 6) is 0.295. The van der Waals surface area contributed by atoms with Gasteiger partial charge in [0.2, 0.25) is 12.6 Å². The van der Waals surface area contributed by atoms with E-state index in [0.29, 0.717) is 12.6 Å². The Morgan fingerprint density at radius 2 is 1.30 bits per heavy atom. The largest absolute Gasteiger partial charge is 1.00 e. The second kappa shape index (κ2) is 17.6. The summed E-state index contributed by atoms with van der Waals surface area (Å²) in [5, 5.41) is 0. The molecule has 0 aromatic carbocycles. The number of aromatic nitrogens is 1. The molecular weight excluding hydrogens is 392 g/mol. The number of likely N-dealkylation sites (tertiary alicyclic amines) is 1. The van der Waals surface area contributed by atoms with E-state index in [1.54, 1.807) is 0 Å². The molecule has 0 radical (unpaired) electrons. The minimum atomic E-state index is 0. The van der Waals surface area contributed by atoms with Crippen molar-refractivity contribution in [3.8, 4) is 0 Å². The molecular formula is C26H45ClN2O. The van der Waals surface area contributed by atoms with Crippen molar-refractivity contribution in [2.75, 3.05) is 6.54 Å². The summed E-state index contributed by atoms with van der Waals surface area (Å²) in [4.78, 5) is 13.7. The highest BCUT2D eigenvalue weighted by Crippen LogP contribution is 2.14. The van der Waals surface area contributed by atoms with Gasteiger partial charge in [-0.25, -0.2) is 0 Å². The number of nitrogens with zero attached hydrogens (tertiary/aromatic N) is 2. The van der Waals surface area contributed by atoms with Crippen LogP contribution in [0.5, 0.6) is 0 Å². The third kappa shape index (κ3) is 11.9. The maximum atomic E-state index is 11.7. The second-order valence-electron chi connectivity index (χ2n) is 8.97. The topological polar surface area (TPSA) is 24.2 Å². The molecule has 172 valence electrons. The number of carbonyl (C=O) groups is 1. The number of halogens is 1. The number of carbonyl (C=O) groups excluding carboxylic acids is 1. The molecule has 3 nitrogen and oxygen atoms in total. The van der Waals surface area contributed by atoms with Crippen molar-refractivity contribution in [1.29, 1.82) is 0 Å². The number of amides is 1. The SMILES string of the molecule is CCCCCCCCCCCCCCCCc1cc[n+](CN2CCCC2=O)cc1.[Cl-]. The van der Waals surface area contributed by atoms with Gasteiger partial charge >= 0.3 is 0 Å². The van der Waals surface area contributed by atoms with Crippen LogP contribution in [0.2, 0.25) is 0 Å². The molecule has 0 aliphatic carbocycles. The van der Waals surface area contributed by atoms with E-state index in [9.17, 15) is 4.79 Å². The fraction of sp³-hybridized carbons (Fsp3) is 0.769. The van der Waals surface area contributed by atoms with Crippen molar-refractivity contribution in [3.63, 3.8) is 0 Å². The highest BCUT2D eigenvalue weighted by atomic mass is 35.5. The second-order valence-corrected chi connectivity index (χ2v) is 8.97. The monoisotopic (exact) mass is 436 g/mol. The van der Waals surface area contributed by atoms with E-state index < -0.39 is 0 Å². The lowest BCUT2D eigenvalue weighted by atomic mass is 10.0. The van der Waals surface area contributed by atoms with Crippen molar-refractivity contribution in [2.24, 2.45) is 0 Å². The van der Waals surface area contributed by atoms with Crippen molar-refractivity contribution in [2.45, 2.75) is 123 Å². The van der Waals surface area contributed by atoms with Crippen LogP contribution in [0.25, 0.3) is 0 Å². The predicted molar refractivity (Wildman–Crippen MR) is 122 cm³/mol. The zero-order valence-electron chi connectivity index (χ0n) is 19.4. The molecule has 0 saturated carbocycles. The molecule has 0 bridgehead atoms. The summed E-state index contributed by atoms with van der Waals surface area (Å²) in [6.07, 6.45) is 27.0. The van der Waals surface area contributed by atoms with E-state index in [1.165, 1.54) is 102 Å². The molecule has 2 heterocycles. The van der Waals surface area contributed by atoms with Gasteiger partial charge in [0.25, 0.3) is 0 Å². The van der Waals surface area contributed by atoms with Crippen LogP contribution in [0.3, 0.4) is 0 Å². The van der Waals surface area contributed by atoms with Crippen molar-refractivity contribution in [1.82, 2.24) is 4.90 Å². The zero-order chi connectivity index (χ0) is 20.6.